The van der Waals surface area contributed by atoms with Gasteiger partial charge in [-0.1, -0.05) is 47.3 Å². The van der Waals surface area contributed by atoms with Gasteiger partial charge in [0.25, 0.3) is 5.22 Å². The summed E-state index contributed by atoms with van der Waals surface area (Å²) in [5.74, 6) is 2.42. The van der Waals surface area contributed by atoms with Crippen molar-refractivity contribution in [2.75, 3.05) is 0 Å². The van der Waals surface area contributed by atoms with E-state index in [2.05, 4.69) is 44.6 Å². The lowest BCUT2D eigenvalue weighted by Crippen LogP contribution is -1.90. The Morgan fingerprint density at radius 2 is 1.95 bits per heavy atom. The van der Waals surface area contributed by atoms with Crippen LogP contribution in [0.25, 0.3) is 0 Å². The Bertz CT molecular complexity index is 711. The summed E-state index contributed by atoms with van der Waals surface area (Å²) < 4.78 is 10.5. The van der Waals surface area contributed by atoms with Crippen molar-refractivity contribution in [1.82, 2.24) is 20.3 Å². The molecule has 0 bridgehead atoms. The fraction of sp³-hybridized carbons (Fsp3) is 0.333. The third-order valence-corrected chi connectivity index (χ3v) is 3.86. The second kappa shape index (κ2) is 7.22. The SMILES string of the molecule is Cc1nc(CSc2nnc(CCCc3ccccc3)o2)no1. The molecule has 3 aromatic rings. The average molecular weight is 316 g/mol. The topological polar surface area (TPSA) is 77.8 Å². The summed E-state index contributed by atoms with van der Waals surface area (Å²) in [5.41, 5.74) is 1.32. The molecule has 0 atom stereocenters. The molecule has 3 rings (SSSR count). The molecule has 0 fully saturated rings. The Hall–Kier alpha value is -2.15. The minimum absolute atomic E-state index is 0.539. The van der Waals surface area contributed by atoms with Gasteiger partial charge in [-0.2, -0.15) is 4.98 Å². The molecular formula is C15H16N4O2S. The minimum Gasteiger partial charge on any atom is -0.416 e. The van der Waals surface area contributed by atoms with Gasteiger partial charge in [-0.15, -0.1) is 10.2 Å². The van der Waals surface area contributed by atoms with Crippen molar-refractivity contribution < 1.29 is 8.94 Å². The second-order valence-electron chi connectivity index (χ2n) is 4.82. The highest BCUT2D eigenvalue weighted by Crippen LogP contribution is 2.20. The summed E-state index contributed by atoms with van der Waals surface area (Å²) in [4.78, 5) is 4.13. The quantitative estimate of drug-likeness (QED) is 0.619. The molecule has 2 aromatic heterocycles. The number of rotatable bonds is 7. The number of hydrogen-bond donors (Lipinski definition) is 0. The van der Waals surface area contributed by atoms with Gasteiger partial charge in [0.2, 0.25) is 11.8 Å². The van der Waals surface area contributed by atoms with Crippen LogP contribution < -0.4 is 0 Å². The lowest BCUT2D eigenvalue weighted by atomic mass is 10.1. The van der Waals surface area contributed by atoms with Crippen molar-refractivity contribution in [3.8, 4) is 0 Å². The van der Waals surface area contributed by atoms with Crippen molar-refractivity contribution in [3.05, 3.63) is 53.5 Å². The molecule has 0 aliphatic carbocycles. The van der Waals surface area contributed by atoms with Crippen molar-refractivity contribution in [3.63, 3.8) is 0 Å². The first kappa shape index (κ1) is 14.8. The van der Waals surface area contributed by atoms with E-state index >= 15 is 0 Å². The van der Waals surface area contributed by atoms with E-state index in [1.54, 1.807) is 6.92 Å². The maximum absolute atomic E-state index is 5.60. The molecular weight excluding hydrogens is 300 g/mol. The highest BCUT2D eigenvalue weighted by molar-refractivity contribution is 7.98. The molecule has 0 aliphatic heterocycles. The van der Waals surface area contributed by atoms with Crippen LogP contribution in [0.2, 0.25) is 0 Å². The van der Waals surface area contributed by atoms with Crippen molar-refractivity contribution in [1.29, 1.82) is 0 Å². The number of benzene rings is 1. The first-order valence-corrected chi connectivity index (χ1v) is 8.06. The van der Waals surface area contributed by atoms with Crippen molar-refractivity contribution in [2.45, 2.75) is 37.2 Å². The Balaban J connectivity index is 1.45. The predicted octanol–water partition coefficient (Wildman–Crippen LogP) is 3.23. The zero-order chi connectivity index (χ0) is 15.2. The molecule has 2 heterocycles. The van der Waals surface area contributed by atoms with Crippen LogP contribution in [0, 0.1) is 6.92 Å². The second-order valence-corrected chi connectivity index (χ2v) is 5.75. The molecule has 6 nitrogen and oxygen atoms in total. The van der Waals surface area contributed by atoms with Gasteiger partial charge in [0.1, 0.15) is 0 Å². The van der Waals surface area contributed by atoms with Crippen LogP contribution in [0.1, 0.15) is 29.6 Å². The van der Waals surface area contributed by atoms with E-state index in [0.717, 1.165) is 19.3 Å². The van der Waals surface area contributed by atoms with E-state index in [-0.39, 0.29) is 0 Å². The van der Waals surface area contributed by atoms with Gasteiger partial charge in [0.15, 0.2) is 5.82 Å². The van der Waals surface area contributed by atoms with Gasteiger partial charge in [0.05, 0.1) is 5.75 Å². The third kappa shape index (κ3) is 4.17. The first-order chi connectivity index (χ1) is 10.8. The zero-order valence-electron chi connectivity index (χ0n) is 12.2. The predicted molar refractivity (Wildman–Crippen MR) is 81.4 cm³/mol. The highest BCUT2D eigenvalue weighted by Gasteiger charge is 2.09. The standard InChI is InChI=1S/C15H16N4O2S/c1-11-16-13(19-21-11)10-22-15-18-17-14(20-15)9-5-8-12-6-3-2-4-7-12/h2-4,6-7H,5,8-10H2,1H3. The molecule has 7 heteroatoms. The Kier molecular flexibility index (Phi) is 4.85. The highest BCUT2D eigenvalue weighted by atomic mass is 32.2. The molecule has 0 saturated carbocycles. The van der Waals surface area contributed by atoms with E-state index < -0.39 is 0 Å². The van der Waals surface area contributed by atoms with Gasteiger partial charge < -0.3 is 8.94 Å². The molecule has 0 spiro atoms. The Labute approximate surface area is 132 Å². The number of nitrogens with zero attached hydrogens (tertiary/aromatic N) is 4. The normalized spacial score (nSPS) is 11.0. The first-order valence-electron chi connectivity index (χ1n) is 7.08. The van der Waals surface area contributed by atoms with Crippen molar-refractivity contribution in [2.24, 2.45) is 0 Å². The lowest BCUT2D eigenvalue weighted by molar-refractivity contribution is 0.389. The largest absolute Gasteiger partial charge is 0.416 e. The van der Waals surface area contributed by atoms with Crippen LogP contribution in [-0.2, 0) is 18.6 Å². The van der Waals surface area contributed by atoms with E-state index in [1.807, 2.05) is 6.07 Å². The maximum atomic E-state index is 5.60. The Morgan fingerprint density at radius 1 is 1.09 bits per heavy atom. The molecule has 0 unspecified atom stereocenters. The van der Waals surface area contributed by atoms with E-state index in [4.69, 9.17) is 8.94 Å². The summed E-state index contributed by atoms with van der Waals surface area (Å²) in [7, 11) is 0. The molecule has 22 heavy (non-hydrogen) atoms. The number of aryl methyl sites for hydroxylation is 3. The van der Waals surface area contributed by atoms with E-state index in [0.29, 0.717) is 28.6 Å². The van der Waals surface area contributed by atoms with Crippen LogP contribution in [0.15, 0.2) is 44.5 Å². The van der Waals surface area contributed by atoms with Crippen LogP contribution in [0.4, 0.5) is 0 Å². The third-order valence-electron chi connectivity index (χ3n) is 3.04. The molecule has 114 valence electrons. The maximum Gasteiger partial charge on any atom is 0.277 e. The molecule has 0 N–H and O–H groups in total. The summed E-state index contributed by atoms with van der Waals surface area (Å²) in [6.07, 6.45) is 2.78. The smallest absolute Gasteiger partial charge is 0.277 e. The lowest BCUT2D eigenvalue weighted by Gasteiger charge is -1.98. The van der Waals surface area contributed by atoms with Crippen molar-refractivity contribution >= 4 is 11.8 Å². The zero-order valence-corrected chi connectivity index (χ0v) is 13.0. The number of aromatic nitrogens is 4. The summed E-state index contributed by atoms with van der Waals surface area (Å²) in [6, 6.07) is 10.4. The number of hydrogen-bond acceptors (Lipinski definition) is 7. The van der Waals surface area contributed by atoms with Gasteiger partial charge in [0, 0.05) is 13.3 Å². The van der Waals surface area contributed by atoms with E-state index in [9.17, 15) is 0 Å². The molecule has 0 amide bonds. The molecule has 0 radical (unpaired) electrons. The van der Waals surface area contributed by atoms with Gasteiger partial charge in [-0.3, -0.25) is 0 Å². The van der Waals surface area contributed by atoms with E-state index in [1.165, 1.54) is 17.3 Å². The molecule has 0 saturated heterocycles. The summed E-state index contributed by atoms with van der Waals surface area (Å²) in [5, 5.41) is 12.5. The monoisotopic (exact) mass is 316 g/mol. The Morgan fingerprint density at radius 3 is 2.73 bits per heavy atom. The minimum atomic E-state index is 0.539. The van der Waals surface area contributed by atoms with Gasteiger partial charge in [-0.05, 0) is 18.4 Å². The van der Waals surface area contributed by atoms with Crippen LogP contribution in [0.5, 0.6) is 0 Å². The molecule has 1 aromatic carbocycles. The fourth-order valence-electron chi connectivity index (χ4n) is 2.01. The van der Waals surface area contributed by atoms with Gasteiger partial charge in [-0.25, -0.2) is 0 Å². The number of thioether (sulfide) groups is 1. The average Bonchev–Trinajstić information content (AvgIpc) is 3.15. The van der Waals surface area contributed by atoms with Crippen LogP contribution in [-0.4, -0.2) is 20.3 Å². The van der Waals surface area contributed by atoms with Gasteiger partial charge >= 0.3 is 0 Å². The summed E-state index contributed by atoms with van der Waals surface area (Å²) in [6.45, 7) is 1.76. The fourth-order valence-corrected chi connectivity index (χ4v) is 2.64. The van der Waals surface area contributed by atoms with Crippen LogP contribution in [0.3, 0.4) is 0 Å². The van der Waals surface area contributed by atoms with Crippen LogP contribution >= 0.6 is 11.8 Å². The summed E-state index contributed by atoms with van der Waals surface area (Å²) >= 11 is 1.41. The molecule has 0 aliphatic rings.